The fourth-order valence-electron chi connectivity index (χ4n) is 3.24. The van der Waals surface area contributed by atoms with Crippen molar-refractivity contribution in [2.24, 2.45) is 0 Å². The summed E-state index contributed by atoms with van der Waals surface area (Å²) in [5.41, 5.74) is 2.59. The Hall–Kier alpha value is -4.24. The standard InChI is InChI=1S/C26H22N4O2/c1-3-18(2)29-26(32)23-17-30(25-22(24(23)31)10-6-14-28-25)21-9-4-7-19(15-21)11-12-20-8-5-13-27-16-20/h4-10,13-18H,3H2,1-2H3,(H,29,32). The first-order chi connectivity index (χ1) is 15.6. The Morgan fingerprint density at radius 1 is 1.09 bits per heavy atom. The van der Waals surface area contributed by atoms with Gasteiger partial charge in [0.05, 0.1) is 5.39 Å². The van der Waals surface area contributed by atoms with Gasteiger partial charge in [-0.05, 0) is 55.8 Å². The molecule has 0 aliphatic rings. The lowest BCUT2D eigenvalue weighted by Gasteiger charge is -2.15. The molecule has 4 rings (SSSR count). The fourth-order valence-corrected chi connectivity index (χ4v) is 3.24. The van der Waals surface area contributed by atoms with Crippen LogP contribution in [0.5, 0.6) is 0 Å². The highest BCUT2D eigenvalue weighted by atomic mass is 16.2. The van der Waals surface area contributed by atoms with Gasteiger partial charge in [-0.2, -0.15) is 0 Å². The SMILES string of the molecule is CCC(C)NC(=O)c1cn(-c2cccc(C#Cc3cccnc3)c2)c2ncccc2c1=O. The molecule has 0 spiro atoms. The maximum absolute atomic E-state index is 13.0. The van der Waals surface area contributed by atoms with Crippen molar-refractivity contribution in [3.63, 3.8) is 0 Å². The molecule has 1 amide bonds. The topological polar surface area (TPSA) is 76.9 Å². The van der Waals surface area contributed by atoms with Gasteiger partial charge in [0, 0.05) is 47.6 Å². The number of benzene rings is 1. The second-order valence-corrected chi connectivity index (χ2v) is 7.44. The number of carbonyl (C=O) groups is 1. The molecule has 0 bridgehead atoms. The predicted molar refractivity (Wildman–Crippen MR) is 125 cm³/mol. The van der Waals surface area contributed by atoms with Gasteiger partial charge >= 0.3 is 0 Å². The zero-order chi connectivity index (χ0) is 22.5. The predicted octanol–water partition coefficient (Wildman–Crippen LogP) is 3.71. The van der Waals surface area contributed by atoms with Gasteiger partial charge in [0.1, 0.15) is 11.2 Å². The molecule has 0 saturated heterocycles. The van der Waals surface area contributed by atoms with Crippen LogP contribution in [0.1, 0.15) is 41.8 Å². The van der Waals surface area contributed by atoms with E-state index in [1.165, 1.54) is 0 Å². The highest BCUT2D eigenvalue weighted by Gasteiger charge is 2.18. The fraction of sp³-hybridized carbons (Fsp3) is 0.154. The molecule has 3 aromatic heterocycles. The second kappa shape index (κ2) is 9.27. The Labute approximate surface area is 186 Å². The Bertz CT molecular complexity index is 1400. The molecule has 1 N–H and O–H groups in total. The molecular weight excluding hydrogens is 400 g/mol. The minimum atomic E-state index is -0.392. The highest BCUT2D eigenvalue weighted by molar-refractivity contribution is 5.97. The van der Waals surface area contributed by atoms with Crippen LogP contribution < -0.4 is 10.7 Å². The van der Waals surface area contributed by atoms with E-state index in [-0.39, 0.29) is 17.0 Å². The summed E-state index contributed by atoms with van der Waals surface area (Å²) in [5.74, 6) is 5.84. The summed E-state index contributed by atoms with van der Waals surface area (Å²) in [5, 5.41) is 3.26. The van der Waals surface area contributed by atoms with Gasteiger partial charge < -0.3 is 9.88 Å². The molecule has 1 atom stereocenters. The van der Waals surface area contributed by atoms with Crippen molar-refractivity contribution in [2.75, 3.05) is 0 Å². The van der Waals surface area contributed by atoms with E-state index in [1.807, 2.05) is 50.2 Å². The zero-order valence-electron chi connectivity index (χ0n) is 17.9. The van der Waals surface area contributed by atoms with Crippen LogP contribution in [0.15, 0.2) is 78.1 Å². The number of hydrogen-bond donors (Lipinski definition) is 1. The van der Waals surface area contributed by atoms with Crippen molar-refractivity contribution in [3.8, 4) is 17.5 Å². The molecule has 158 valence electrons. The van der Waals surface area contributed by atoms with E-state index >= 15 is 0 Å². The smallest absolute Gasteiger partial charge is 0.256 e. The Morgan fingerprint density at radius 3 is 2.66 bits per heavy atom. The number of nitrogens with zero attached hydrogens (tertiary/aromatic N) is 3. The van der Waals surface area contributed by atoms with Crippen molar-refractivity contribution in [1.29, 1.82) is 0 Å². The molecule has 3 heterocycles. The molecule has 0 fully saturated rings. The summed E-state index contributed by atoms with van der Waals surface area (Å²) in [6, 6.07) is 14.7. The molecular formula is C26H22N4O2. The van der Waals surface area contributed by atoms with E-state index in [0.717, 1.165) is 23.2 Å². The maximum atomic E-state index is 13.0. The largest absolute Gasteiger partial charge is 0.349 e. The quantitative estimate of drug-likeness (QED) is 0.509. The number of hydrogen-bond acceptors (Lipinski definition) is 4. The lowest BCUT2D eigenvalue weighted by molar-refractivity contribution is 0.0938. The molecule has 4 aromatic rings. The van der Waals surface area contributed by atoms with Crippen LogP contribution in [0.3, 0.4) is 0 Å². The van der Waals surface area contributed by atoms with Crippen molar-refractivity contribution in [2.45, 2.75) is 26.3 Å². The van der Waals surface area contributed by atoms with E-state index in [4.69, 9.17) is 0 Å². The second-order valence-electron chi connectivity index (χ2n) is 7.44. The molecule has 0 aliphatic heterocycles. The summed E-state index contributed by atoms with van der Waals surface area (Å²) in [6.07, 6.45) is 7.37. The van der Waals surface area contributed by atoms with Crippen molar-refractivity contribution in [3.05, 3.63) is 100 Å². The number of carbonyl (C=O) groups excluding carboxylic acids is 1. The summed E-state index contributed by atoms with van der Waals surface area (Å²) in [7, 11) is 0. The minimum Gasteiger partial charge on any atom is -0.349 e. The van der Waals surface area contributed by atoms with Crippen molar-refractivity contribution >= 4 is 16.9 Å². The van der Waals surface area contributed by atoms with Crippen LogP contribution >= 0.6 is 0 Å². The van der Waals surface area contributed by atoms with Crippen LogP contribution in [0.2, 0.25) is 0 Å². The molecule has 0 radical (unpaired) electrons. The molecule has 1 aromatic carbocycles. The van der Waals surface area contributed by atoms with Crippen LogP contribution in [-0.2, 0) is 0 Å². The number of amides is 1. The van der Waals surface area contributed by atoms with Crippen molar-refractivity contribution in [1.82, 2.24) is 19.9 Å². The van der Waals surface area contributed by atoms with E-state index < -0.39 is 5.91 Å². The normalized spacial score (nSPS) is 11.4. The Morgan fingerprint density at radius 2 is 1.88 bits per heavy atom. The Kier molecular flexibility index (Phi) is 6.09. The van der Waals surface area contributed by atoms with E-state index in [9.17, 15) is 9.59 Å². The van der Waals surface area contributed by atoms with Gasteiger partial charge in [-0.25, -0.2) is 4.98 Å². The molecule has 0 aliphatic carbocycles. The summed E-state index contributed by atoms with van der Waals surface area (Å²) in [4.78, 5) is 34.3. The van der Waals surface area contributed by atoms with E-state index in [0.29, 0.717) is 11.0 Å². The minimum absolute atomic E-state index is 0.0361. The van der Waals surface area contributed by atoms with Crippen LogP contribution in [0.4, 0.5) is 0 Å². The molecule has 1 unspecified atom stereocenters. The summed E-state index contributed by atoms with van der Waals surface area (Å²) in [6.45, 7) is 3.88. The average Bonchev–Trinajstić information content (AvgIpc) is 2.84. The average molecular weight is 422 g/mol. The van der Waals surface area contributed by atoms with E-state index in [2.05, 4.69) is 27.1 Å². The van der Waals surface area contributed by atoms with Gasteiger partial charge in [-0.3, -0.25) is 14.6 Å². The number of aromatic nitrogens is 3. The number of fused-ring (bicyclic) bond motifs is 1. The van der Waals surface area contributed by atoms with Crippen LogP contribution in [0.25, 0.3) is 16.7 Å². The van der Waals surface area contributed by atoms with Crippen molar-refractivity contribution < 1.29 is 4.79 Å². The summed E-state index contributed by atoms with van der Waals surface area (Å²) >= 11 is 0. The maximum Gasteiger partial charge on any atom is 0.256 e. The third-order valence-electron chi connectivity index (χ3n) is 5.13. The third kappa shape index (κ3) is 4.42. The Balaban J connectivity index is 1.82. The van der Waals surface area contributed by atoms with Gasteiger partial charge in [0.25, 0.3) is 5.91 Å². The first kappa shape index (κ1) is 21.0. The first-order valence-corrected chi connectivity index (χ1v) is 10.4. The number of rotatable bonds is 4. The number of nitrogens with one attached hydrogen (secondary N) is 1. The van der Waals surface area contributed by atoms with E-state index in [1.54, 1.807) is 41.5 Å². The monoisotopic (exact) mass is 422 g/mol. The molecule has 0 saturated carbocycles. The van der Waals surface area contributed by atoms with Crippen LogP contribution in [-0.4, -0.2) is 26.5 Å². The lowest BCUT2D eigenvalue weighted by atomic mass is 10.1. The van der Waals surface area contributed by atoms with Gasteiger partial charge in [-0.15, -0.1) is 0 Å². The first-order valence-electron chi connectivity index (χ1n) is 10.4. The summed E-state index contributed by atoms with van der Waals surface area (Å²) < 4.78 is 1.76. The highest BCUT2D eigenvalue weighted by Crippen LogP contribution is 2.17. The lowest BCUT2D eigenvalue weighted by Crippen LogP contribution is -2.35. The zero-order valence-corrected chi connectivity index (χ0v) is 17.9. The van der Waals surface area contributed by atoms with Crippen LogP contribution in [0, 0.1) is 11.8 Å². The molecule has 6 heteroatoms. The van der Waals surface area contributed by atoms with Gasteiger partial charge in [0.2, 0.25) is 5.43 Å². The van der Waals surface area contributed by atoms with Gasteiger partial charge in [-0.1, -0.05) is 24.8 Å². The number of pyridine rings is 3. The third-order valence-corrected chi connectivity index (χ3v) is 5.13. The molecule has 32 heavy (non-hydrogen) atoms. The molecule has 6 nitrogen and oxygen atoms in total. The van der Waals surface area contributed by atoms with Gasteiger partial charge in [0.15, 0.2) is 0 Å².